The highest BCUT2D eigenvalue weighted by atomic mass is 19.1. The van der Waals surface area contributed by atoms with Gasteiger partial charge in [0.25, 0.3) is 0 Å². The predicted molar refractivity (Wildman–Crippen MR) is 144 cm³/mol. The lowest BCUT2D eigenvalue weighted by Gasteiger charge is -2.32. The third kappa shape index (κ3) is 9.48. The van der Waals surface area contributed by atoms with Crippen LogP contribution in [0.4, 0.5) is 8.78 Å². The molecule has 208 valence electrons. The number of nitrogens with one attached hydrogen (secondary N) is 2. The van der Waals surface area contributed by atoms with Crippen LogP contribution in [0.5, 0.6) is 0 Å². The first-order valence-corrected chi connectivity index (χ1v) is 13.8. The van der Waals surface area contributed by atoms with E-state index >= 15 is 0 Å². The zero-order chi connectivity index (χ0) is 27.5. The SMILES string of the molecule is CCCCN1CCC(CC(=O)N[C@@H](Cc2cc(F)cc(F)c2)[C@H](O)CNCc2cccc(CC)c2)CC1=O. The van der Waals surface area contributed by atoms with Crippen molar-refractivity contribution in [1.82, 2.24) is 15.5 Å². The molecule has 2 aromatic carbocycles. The van der Waals surface area contributed by atoms with Crippen LogP contribution in [0.1, 0.15) is 62.6 Å². The number of unbranched alkanes of at least 4 members (excludes halogenated alkanes) is 1. The van der Waals surface area contributed by atoms with Crippen molar-refractivity contribution in [3.63, 3.8) is 0 Å². The number of likely N-dealkylation sites (tertiary alicyclic amines) is 1. The standard InChI is InChI=1S/C30H41F2N3O3/c1-3-5-10-35-11-9-22(17-30(35)38)16-29(37)34-27(15-24-13-25(31)18-26(32)14-24)28(36)20-33-19-23-8-6-7-21(4-2)12-23/h6-8,12-14,18,22,27-28,33,36H,3-5,9-11,15-17,19-20H2,1-2H3,(H,34,37)/t22?,27-,28+/m0/s1. The molecule has 1 saturated heterocycles. The van der Waals surface area contributed by atoms with Crippen molar-refractivity contribution in [2.45, 2.75) is 77.5 Å². The Balaban J connectivity index is 1.60. The van der Waals surface area contributed by atoms with Crippen LogP contribution in [0.2, 0.25) is 0 Å². The summed E-state index contributed by atoms with van der Waals surface area (Å²) in [6.07, 6.45) is 3.26. The first-order chi connectivity index (χ1) is 18.3. The Morgan fingerprint density at radius 2 is 1.84 bits per heavy atom. The molecule has 0 aliphatic carbocycles. The number of carbonyl (C=O) groups is 2. The van der Waals surface area contributed by atoms with Crippen LogP contribution in [0, 0.1) is 17.6 Å². The van der Waals surface area contributed by atoms with E-state index < -0.39 is 23.8 Å². The molecule has 38 heavy (non-hydrogen) atoms. The monoisotopic (exact) mass is 529 g/mol. The molecule has 8 heteroatoms. The van der Waals surface area contributed by atoms with E-state index in [0.29, 0.717) is 25.1 Å². The van der Waals surface area contributed by atoms with E-state index in [-0.39, 0.29) is 37.1 Å². The Hall–Kier alpha value is -2.84. The molecule has 1 unspecified atom stereocenters. The van der Waals surface area contributed by atoms with Gasteiger partial charge in [-0.2, -0.15) is 0 Å². The summed E-state index contributed by atoms with van der Waals surface area (Å²) in [6.45, 7) is 6.30. The van der Waals surface area contributed by atoms with E-state index in [1.807, 2.05) is 17.0 Å². The molecule has 0 saturated carbocycles. The van der Waals surface area contributed by atoms with Gasteiger partial charge in [0.05, 0.1) is 12.1 Å². The van der Waals surface area contributed by atoms with Gasteiger partial charge >= 0.3 is 0 Å². The van der Waals surface area contributed by atoms with Crippen molar-refractivity contribution >= 4 is 11.8 Å². The summed E-state index contributed by atoms with van der Waals surface area (Å²) in [5, 5.41) is 17.1. The highest BCUT2D eigenvalue weighted by Crippen LogP contribution is 2.22. The Labute approximate surface area is 224 Å². The Kier molecular flexibility index (Phi) is 11.7. The molecule has 6 nitrogen and oxygen atoms in total. The molecule has 0 bridgehead atoms. The lowest BCUT2D eigenvalue weighted by molar-refractivity contribution is -0.135. The number of aryl methyl sites for hydroxylation is 1. The number of carbonyl (C=O) groups excluding carboxylic acids is 2. The van der Waals surface area contributed by atoms with Crippen LogP contribution in [0.3, 0.4) is 0 Å². The second kappa shape index (κ2) is 14.9. The van der Waals surface area contributed by atoms with E-state index in [1.54, 1.807) is 0 Å². The maximum absolute atomic E-state index is 13.8. The van der Waals surface area contributed by atoms with Crippen molar-refractivity contribution in [2.24, 2.45) is 5.92 Å². The number of benzene rings is 2. The van der Waals surface area contributed by atoms with Gasteiger partial charge in [-0.25, -0.2) is 8.78 Å². The fourth-order valence-corrected chi connectivity index (χ4v) is 4.96. The average Bonchev–Trinajstić information content (AvgIpc) is 2.87. The molecule has 0 aromatic heterocycles. The number of hydrogen-bond donors (Lipinski definition) is 3. The molecular weight excluding hydrogens is 488 g/mol. The fourth-order valence-electron chi connectivity index (χ4n) is 4.96. The van der Waals surface area contributed by atoms with Crippen molar-refractivity contribution in [2.75, 3.05) is 19.6 Å². The molecule has 1 heterocycles. The smallest absolute Gasteiger partial charge is 0.222 e. The normalized spacial score (nSPS) is 17.3. The van der Waals surface area contributed by atoms with Gasteiger partial charge in [0.15, 0.2) is 0 Å². The minimum Gasteiger partial charge on any atom is -0.390 e. The molecule has 1 aliphatic rings. The average molecular weight is 530 g/mol. The van der Waals surface area contributed by atoms with Gasteiger partial charge in [-0.1, -0.05) is 44.5 Å². The first kappa shape index (κ1) is 29.7. The molecular formula is C30H41F2N3O3. The zero-order valence-electron chi connectivity index (χ0n) is 22.5. The number of halogens is 2. The quantitative estimate of drug-likeness (QED) is 0.344. The highest BCUT2D eigenvalue weighted by Gasteiger charge is 2.29. The molecule has 1 fully saturated rings. The van der Waals surface area contributed by atoms with E-state index in [2.05, 4.69) is 36.6 Å². The number of rotatable bonds is 14. The number of aliphatic hydroxyl groups is 1. The maximum atomic E-state index is 13.8. The van der Waals surface area contributed by atoms with Crippen molar-refractivity contribution in [1.29, 1.82) is 0 Å². The molecule has 3 atom stereocenters. The summed E-state index contributed by atoms with van der Waals surface area (Å²) >= 11 is 0. The number of amides is 2. The van der Waals surface area contributed by atoms with Crippen LogP contribution < -0.4 is 10.6 Å². The zero-order valence-corrected chi connectivity index (χ0v) is 22.5. The Morgan fingerprint density at radius 1 is 1.11 bits per heavy atom. The topological polar surface area (TPSA) is 81.7 Å². The molecule has 3 rings (SSSR count). The van der Waals surface area contributed by atoms with Crippen LogP contribution in [-0.4, -0.2) is 53.6 Å². The van der Waals surface area contributed by atoms with Crippen LogP contribution in [0.15, 0.2) is 42.5 Å². The summed E-state index contributed by atoms with van der Waals surface area (Å²) < 4.78 is 27.6. The number of nitrogens with zero attached hydrogens (tertiary/aromatic N) is 1. The minimum absolute atomic E-state index is 0.0613. The molecule has 3 N–H and O–H groups in total. The second-order valence-corrected chi connectivity index (χ2v) is 10.3. The minimum atomic E-state index is -0.989. The van der Waals surface area contributed by atoms with E-state index in [9.17, 15) is 23.5 Å². The van der Waals surface area contributed by atoms with Gasteiger partial charge in [0.1, 0.15) is 11.6 Å². The van der Waals surface area contributed by atoms with Crippen molar-refractivity contribution < 1.29 is 23.5 Å². The molecule has 1 aliphatic heterocycles. The van der Waals surface area contributed by atoms with Crippen LogP contribution in [0.25, 0.3) is 0 Å². The third-order valence-electron chi connectivity index (χ3n) is 7.15. The maximum Gasteiger partial charge on any atom is 0.222 e. The number of piperidine rings is 1. The van der Waals surface area contributed by atoms with Crippen LogP contribution >= 0.6 is 0 Å². The Bertz CT molecular complexity index is 1040. The number of hydrogen-bond acceptors (Lipinski definition) is 4. The predicted octanol–water partition coefficient (Wildman–Crippen LogP) is 4.13. The van der Waals surface area contributed by atoms with Gasteiger partial charge < -0.3 is 20.6 Å². The van der Waals surface area contributed by atoms with Gasteiger partial charge in [-0.05, 0) is 60.4 Å². The second-order valence-electron chi connectivity index (χ2n) is 10.3. The first-order valence-electron chi connectivity index (χ1n) is 13.8. The van der Waals surface area contributed by atoms with E-state index in [1.165, 1.54) is 17.7 Å². The van der Waals surface area contributed by atoms with Crippen molar-refractivity contribution in [3.8, 4) is 0 Å². The molecule has 2 amide bonds. The summed E-state index contributed by atoms with van der Waals surface area (Å²) in [5.41, 5.74) is 2.65. The lowest BCUT2D eigenvalue weighted by Crippen LogP contribution is -2.49. The number of aliphatic hydroxyl groups excluding tert-OH is 1. The highest BCUT2D eigenvalue weighted by molar-refractivity contribution is 5.80. The van der Waals surface area contributed by atoms with Gasteiger partial charge in [-0.15, -0.1) is 0 Å². The molecule has 2 aromatic rings. The van der Waals surface area contributed by atoms with Crippen LogP contribution in [-0.2, 0) is 29.0 Å². The van der Waals surface area contributed by atoms with E-state index in [4.69, 9.17) is 0 Å². The molecule has 0 spiro atoms. The van der Waals surface area contributed by atoms with Gasteiger partial charge in [0.2, 0.25) is 11.8 Å². The summed E-state index contributed by atoms with van der Waals surface area (Å²) in [4.78, 5) is 27.3. The van der Waals surface area contributed by atoms with E-state index in [0.717, 1.165) is 43.9 Å². The van der Waals surface area contributed by atoms with Gasteiger partial charge in [0, 0.05) is 45.1 Å². The largest absolute Gasteiger partial charge is 0.390 e. The Morgan fingerprint density at radius 3 is 2.53 bits per heavy atom. The van der Waals surface area contributed by atoms with Crippen molar-refractivity contribution in [3.05, 3.63) is 70.8 Å². The fraction of sp³-hybridized carbons (Fsp3) is 0.533. The molecule has 0 radical (unpaired) electrons. The van der Waals surface area contributed by atoms with Gasteiger partial charge in [-0.3, -0.25) is 9.59 Å². The summed E-state index contributed by atoms with van der Waals surface area (Å²) in [7, 11) is 0. The lowest BCUT2D eigenvalue weighted by atomic mass is 9.92. The third-order valence-corrected chi connectivity index (χ3v) is 7.15. The summed E-state index contributed by atoms with van der Waals surface area (Å²) in [6, 6.07) is 10.6. The summed E-state index contributed by atoms with van der Waals surface area (Å²) in [5.74, 6) is -1.68.